The molecule has 6 heterocycles. The molecule has 0 saturated heterocycles. The molecule has 1 aliphatic rings. The van der Waals surface area contributed by atoms with Crippen molar-refractivity contribution in [2.45, 2.75) is 12.5 Å². The number of nitrogens with one attached hydrogen (secondary N) is 1. The van der Waals surface area contributed by atoms with Crippen LogP contribution in [0.1, 0.15) is 33.8 Å². The van der Waals surface area contributed by atoms with Crippen LogP contribution in [0.5, 0.6) is 5.75 Å². The Morgan fingerprint density at radius 3 is 2.94 bits per heavy atom. The van der Waals surface area contributed by atoms with E-state index in [2.05, 4.69) is 30.1 Å². The molecular weight excluding hydrogens is 426 g/mol. The van der Waals surface area contributed by atoms with Crippen LogP contribution in [0, 0.1) is 0 Å². The molecule has 5 aromatic rings. The monoisotopic (exact) mass is 443 g/mol. The predicted molar refractivity (Wildman–Crippen MR) is 112 cm³/mol. The Bertz CT molecular complexity index is 1460. The molecule has 1 aliphatic heterocycles. The van der Waals surface area contributed by atoms with Crippen molar-refractivity contribution in [3.05, 3.63) is 72.2 Å². The Balaban J connectivity index is 1.41. The molecule has 6 rings (SSSR count). The number of fused-ring (bicyclic) bond motifs is 2. The number of rotatable bonds is 4. The summed E-state index contributed by atoms with van der Waals surface area (Å²) in [4.78, 5) is 31.0. The van der Waals surface area contributed by atoms with Crippen LogP contribution in [0.15, 0.2) is 53.6 Å². The Morgan fingerprint density at radius 2 is 2.09 bits per heavy atom. The SMILES string of the molecule is COc1cccn2nc(C3c4nc[nH]c4CCN3C(=O)c3nnc(-c4ncccn4)o3)cc12. The van der Waals surface area contributed by atoms with Gasteiger partial charge in [0.15, 0.2) is 0 Å². The van der Waals surface area contributed by atoms with E-state index >= 15 is 0 Å². The summed E-state index contributed by atoms with van der Waals surface area (Å²) in [5.41, 5.74) is 3.11. The van der Waals surface area contributed by atoms with Gasteiger partial charge in [-0.1, -0.05) is 0 Å². The topological polar surface area (TPSA) is 140 Å². The zero-order chi connectivity index (χ0) is 22.4. The minimum absolute atomic E-state index is 0.0745. The van der Waals surface area contributed by atoms with E-state index < -0.39 is 11.9 Å². The van der Waals surface area contributed by atoms with Crippen molar-refractivity contribution in [2.24, 2.45) is 0 Å². The van der Waals surface area contributed by atoms with Gasteiger partial charge in [0.1, 0.15) is 17.3 Å². The molecule has 0 radical (unpaired) electrons. The molecule has 12 heteroatoms. The fourth-order valence-electron chi connectivity index (χ4n) is 4.04. The average molecular weight is 443 g/mol. The molecular formula is C21H17N9O3. The summed E-state index contributed by atoms with van der Waals surface area (Å²) < 4.78 is 12.8. The first-order valence-corrected chi connectivity index (χ1v) is 10.2. The van der Waals surface area contributed by atoms with Gasteiger partial charge in [0.25, 0.3) is 5.89 Å². The van der Waals surface area contributed by atoms with Gasteiger partial charge in [-0.15, -0.1) is 10.2 Å². The van der Waals surface area contributed by atoms with E-state index in [-0.39, 0.29) is 17.6 Å². The summed E-state index contributed by atoms with van der Waals surface area (Å²) in [6.07, 6.45) is 7.18. The standard InChI is InChI=1S/C21H17N9O3/c1-32-15-4-2-8-30-14(15)10-13(28-30)17-16-12(24-11-25-16)5-9-29(17)21(31)20-27-26-19(33-20)18-22-6-3-7-23-18/h2-4,6-8,10-11,17H,5,9H2,1H3,(H,24,25). The number of imidazole rings is 1. The summed E-state index contributed by atoms with van der Waals surface area (Å²) in [6.45, 7) is 0.420. The third-order valence-electron chi connectivity index (χ3n) is 5.53. The fourth-order valence-corrected chi connectivity index (χ4v) is 4.04. The van der Waals surface area contributed by atoms with E-state index in [4.69, 9.17) is 14.3 Å². The highest BCUT2D eigenvalue weighted by atomic mass is 16.5. The summed E-state index contributed by atoms with van der Waals surface area (Å²) in [5, 5.41) is 12.6. The molecule has 1 amide bonds. The number of aromatic amines is 1. The molecule has 0 bridgehead atoms. The number of pyridine rings is 1. The van der Waals surface area contributed by atoms with Crippen LogP contribution in [0.3, 0.4) is 0 Å². The van der Waals surface area contributed by atoms with Crippen molar-refractivity contribution < 1.29 is 13.9 Å². The number of hydrogen-bond acceptors (Lipinski definition) is 9. The van der Waals surface area contributed by atoms with Crippen molar-refractivity contribution in [3.8, 4) is 17.5 Å². The van der Waals surface area contributed by atoms with Gasteiger partial charge in [-0.05, 0) is 24.3 Å². The largest absolute Gasteiger partial charge is 0.494 e. The molecule has 0 spiro atoms. The van der Waals surface area contributed by atoms with Crippen LogP contribution >= 0.6 is 0 Å². The first kappa shape index (κ1) is 19.1. The first-order chi connectivity index (χ1) is 16.2. The lowest BCUT2D eigenvalue weighted by atomic mass is 9.99. The van der Waals surface area contributed by atoms with E-state index in [9.17, 15) is 4.79 Å². The lowest BCUT2D eigenvalue weighted by molar-refractivity contribution is 0.0646. The minimum atomic E-state index is -0.541. The van der Waals surface area contributed by atoms with Crippen LogP contribution in [0.4, 0.5) is 0 Å². The number of amides is 1. The normalized spacial score (nSPS) is 15.5. The van der Waals surface area contributed by atoms with Gasteiger partial charge in [-0.25, -0.2) is 19.5 Å². The van der Waals surface area contributed by atoms with E-state index in [1.165, 1.54) is 0 Å². The lowest BCUT2D eigenvalue weighted by Gasteiger charge is -2.32. The van der Waals surface area contributed by atoms with E-state index in [0.717, 1.165) is 16.9 Å². The van der Waals surface area contributed by atoms with Crippen LogP contribution in [0.2, 0.25) is 0 Å². The number of aromatic nitrogens is 8. The van der Waals surface area contributed by atoms with Gasteiger partial charge in [0, 0.05) is 37.3 Å². The summed E-state index contributed by atoms with van der Waals surface area (Å²) in [5.74, 6) is 0.429. The number of H-pyrrole nitrogens is 1. The predicted octanol–water partition coefficient (Wildman–Crippen LogP) is 1.69. The molecule has 0 saturated carbocycles. The third kappa shape index (κ3) is 3.11. The maximum atomic E-state index is 13.5. The Kier molecular flexibility index (Phi) is 4.35. The smallest absolute Gasteiger partial charge is 0.312 e. The highest BCUT2D eigenvalue weighted by molar-refractivity contribution is 5.90. The summed E-state index contributed by atoms with van der Waals surface area (Å²) in [6, 6.07) is 6.73. The Hall–Kier alpha value is -4.61. The Labute approximate surface area is 186 Å². The second kappa shape index (κ2) is 7.51. The van der Waals surface area contributed by atoms with Crippen LogP contribution in [-0.2, 0) is 6.42 Å². The first-order valence-electron chi connectivity index (χ1n) is 10.2. The minimum Gasteiger partial charge on any atom is -0.494 e. The van der Waals surface area contributed by atoms with Gasteiger partial charge in [-0.3, -0.25) is 4.79 Å². The molecule has 1 unspecified atom stereocenters. The van der Waals surface area contributed by atoms with Crippen molar-refractivity contribution in [2.75, 3.05) is 13.7 Å². The lowest BCUT2D eigenvalue weighted by Crippen LogP contribution is -2.41. The highest BCUT2D eigenvalue weighted by Crippen LogP contribution is 2.35. The van der Waals surface area contributed by atoms with Gasteiger partial charge in [0.05, 0.1) is 24.8 Å². The number of nitrogens with zero attached hydrogens (tertiary/aromatic N) is 8. The second-order valence-electron chi connectivity index (χ2n) is 7.38. The van der Waals surface area contributed by atoms with Gasteiger partial charge in [0.2, 0.25) is 5.82 Å². The van der Waals surface area contributed by atoms with E-state index in [1.54, 1.807) is 41.3 Å². The molecule has 1 atom stereocenters. The second-order valence-corrected chi connectivity index (χ2v) is 7.38. The fraction of sp³-hybridized carbons (Fsp3) is 0.190. The molecule has 0 fully saturated rings. The summed E-state index contributed by atoms with van der Waals surface area (Å²) in [7, 11) is 1.61. The maximum Gasteiger partial charge on any atom is 0.312 e. The number of methoxy groups -OCH3 is 1. The van der Waals surface area contributed by atoms with Gasteiger partial charge < -0.3 is 19.0 Å². The zero-order valence-electron chi connectivity index (χ0n) is 17.4. The molecule has 33 heavy (non-hydrogen) atoms. The van der Waals surface area contributed by atoms with E-state index in [1.807, 2.05) is 24.4 Å². The number of carbonyl (C=O) groups excluding carboxylic acids is 1. The quantitative estimate of drug-likeness (QED) is 0.439. The number of carbonyl (C=O) groups is 1. The number of ether oxygens (including phenoxy) is 1. The highest BCUT2D eigenvalue weighted by Gasteiger charge is 2.38. The molecule has 1 N–H and O–H groups in total. The van der Waals surface area contributed by atoms with Crippen molar-refractivity contribution in [1.82, 2.24) is 44.6 Å². The molecule has 0 aliphatic carbocycles. The molecule has 164 valence electrons. The van der Waals surface area contributed by atoms with Crippen molar-refractivity contribution >= 4 is 11.4 Å². The van der Waals surface area contributed by atoms with Gasteiger partial charge >= 0.3 is 11.8 Å². The molecule has 5 aromatic heterocycles. The third-order valence-corrected chi connectivity index (χ3v) is 5.53. The zero-order valence-corrected chi connectivity index (χ0v) is 17.4. The summed E-state index contributed by atoms with van der Waals surface area (Å²) >= 11 is 0. The molecule has 0 aromatic carbocycles. The van der Waals surface area contributed by atoms with Crippen molar-refractivity contribution in [1.29, 1.82) is 0 Å². The number of hydrogen-bond donors (Lipinski definition) is 1. The van der Waals surface area contributed by atoms with Crippen LogP contribution in [-0.4, -0.2) is 64.2 Å². The average Bonchev–Trinajstić information content (AvgIpc) is 3.62. The van der Waals surface area contributed by atoms with Gasteiger partial charge in [-0.2, -0.15) is 5.10 Å². The van der Waals surface area contributed by atoms with Crippen LogP contribution in [0.25, 0.3) is 17.2 Å². The maximum absolute atomic E-state index is 13.5. The van der Waals surface area contributed by atoms with E-state index in [0.29, 0.717) is 24.4 Å². The Morgan fingerprint density at radius 1 is 1.21 bits per heavy atom. The van der Waals surface area contributed by atoms with Crippen LogP contribution < -0.4 is 4.74 Å². The van der Waals surface area contributed by atoms with Crippen molar-refractivity contribution in [3.63, 3.8) is 0 Å². The molecule has 12 nitrogen and oxygen atoms in total.